The number of alkyl carbamates (subject to hydrolysis) is 1. The van der Waals surface area contributed by atoms with E-state index in [1.165, 1.54) is 0 Å². The molecule has 8 heteroatoms. The molecule has 0 aliphatic carbocycles. The smallest absolute Gasteiger partial charge is 0.459 e. The van der Waals surface area contributed by atoms with Gasteiger partial charge >= 0.3 is 18.2 Å². The summed E-state index contributed by atoms with van der Waals surface area (Å²) in [6.07, 6.45) is -1.83. The van der Waals surface area contributed by atoms with Crippen molar-refractivity contribution in [3.63, 3.8) is 0 Å². The van der Waals surface area contributed by atoms with Crippen LogP contribution in [0, 0.1) is 0 Å². The van der Waals surface area contributed by atoms with Gasteiger partial charge in [0.25, 0.3) is 0 Å². The predicted molar refractivity (Wildman–Crippen MR) is 136 cm³/mol. The number of carbonyl (C=O) groups is 3. The standard InChI is InChI=1S/C28H37NO7/c1-18(2)21-14-11-15-22(19(3)4)24(21)35-27(32)34-17-23(29-26(31)36-28(5,6)7)25(30)33-16-20-12-9-8-10-13-20/h8-15,18-19,23H,16-17H2,1-7H3,(H,29,31)/t23-/m0/s1. The lowest BCUT2D eigenvalue weighted by Gasteiger charge is -2.23. The fraction of sp³-hybridized carbons (Fsp3) is 0.464. The molecule has 1 amide bonds. The molecule has 0 bridgehead atoms. The number of rotatable bonds is 9. The lowest BCUT2D eigenvalue weighted by molar-refractivity contribution is -0.148. The number of hydrogen-bond donors (Lipinski definition) is 1. The molecule has 0 saturated heterocycles. The highest BCUT2D eigenvalue weighted by Crippen LogP contribution is 2.34. The van der Waals surface area contributed by atoms with Crippen molar-refractivity contribution in [2.75, 3.05) is 6.61 Å². The minimum absolute atomic E-state index is 0.00384. The van der Waals surface area contributed by atoms with Gasteiger partial charge in [-0.1, -0.05) is 76.2 Å². The van der Waals surface area contributed by atoms with Gasteiger partial charge < -0.3 is 24.3 Å². The zero-order chi connectivity index (χ0) is 26.9. The topological polar surface area (TPSA) is 100 Å². The zero-order valence-corrected chi connectivity index (χ0v) is 22.1. The van der Waals surface area contributed by atoms with Gasteiger partial charge in [-0.2, -0.15) is 0 Å². The quantitative estimate of drug-likeness (QED) is 0.253. The lowest BCUT2D eigenvalue weighted by atomic mass is 9.94. The molecule has 1 atom stereocenters. The molecule has 2 aromatic rings. The SMILES string of the molecule is CC(C)c1cccc(C(C)C)c1OC(=O)OC[C@H](NC(=O)OC(C)(C)C)C(=O)OCc1ccccc1. The first-order valence-electron chi connectivity index (χ1n) is 12.0. The molecule has 1 N–H and O–H groups in total. The Kier molecular flexibility index (Phi) is 10.3. The van der Waals surface area contributed by atoms with Gasteiger partial charge in [-0.25, -0.2) is 14.4 Å². The van der Waals surface area contributed by atoms with Crippen molar-refractivity contribution in [1.82, 2.24) is 5.32 Å². The Morgan fingerprint density at radius 2 is 1.42 bits per heavy atom. The monoisotopic (exact) mass is 499 g/mol. The third-order valence-corrected chi connectivity index (χ3v) is 5.07. The first kappa shape index (κ1) is 28.7. The maximum absolute atomic E-state index is 12.8. The largest absolute Gasteiger partial charge is 0.513 e. The molecule has 196 valence electrons. The summed E-state index contributed by atoms with van der Waals surface area (Å²) in [5.41, 5.74) is 1.72. The third-order valence-electron chi connectivity index (χ3n) is 5.07. The Hall–Kier alpha value is -3.55. The van der Waals surface area contributed by atoms with Crippen LogP contribution in [0.4, 0.5) is 9.59 Å². The number of nitrogens with one attached hydrogen (secondary N) is 1. The number of benzene rings is 2. The van der Waals surface area contributed by atoms with E-state index in [9.17, 15) is 14.4 Å². The molecular formula is C28H37NO7. The number of para-hydroxylation sites is 1. The van der Waals surface area contributed by atoms with Crippen LogP contribution in [-0.2, 0) is 25.6 Å². The number of amides is 1. The first-order chi connectivity index (χ1) is 16.9. The molecule has 0 aliphatic heterocycles. The average molecular weight is 500 g/mol. The minimum Gasteiger partial charge on any atom is -0.459 e. The molecule has 0 unspecified atom stereocenters. The van der Waals surface area contributed by atoms with E-state index < -0.39 is 36.5 Å². The third kappa shape index (κ3) is 9.24. The normalized spacial score (nSPS) is 12.1. The van der Waals surface area contributed by atoms with E-state index in [1.807, 2.05) is 64.1 Å². The van der Waals surface area contributed by atoms with Gasteiger partial charge in [-0.3, -0.25) is 0 Å². The van der Waals surface area contributed by atoms with Gasteiger partial charge in [0.2, 0.25) is 0 Å². The highest BCUT2D eigenvalue weighted by molar-refractivity contribution is 5.82. The molecule has 0 radical (unpaired) electrons. The Bertz CT molecular complexity index is 1000. The molecule has 8 nitrogen and oxygen atoms in total. The minimum atomic E-state index is -1.29. The Labute approximate surface area is 213 Å². The van der Waals surface area contributed by atoms with Crippen LogP contribution in [0.1, 0.15) is 77.0 Å². The van der Waals surface area contributed by atoms with E-state index in [0.717, 1.165) is 16.7 Å². The van der Waals surface area contributed by atoms with E-state index in [1.54, 1.807) is 32.9 Å². The van der Waals surface area contributed by atoms with E-state index >= 15 is 0 Å². The van der Waals surface area contributed by atoms with Crippen LogP contribution in [0.5, 0.6) is 5.75 Å². The average Bonchev–Trinajstić information content (AvgIpc) is 2.79. The summed E-state index contributed by atoms with van der Waals surface area (Å²) in [7, 11) is 0. The molecular weight excluding hydrogens is 462 g/mol. The van der Waals surface area contributed by atoms with Gasteiger partial charge in [-0.05, 0) is 49.3 Å². The summed E-state index contributed by atoms with van der Waals surface area (Å²) in [5.74, 6) is -0.110. The molecule has 0 spiro atoms. The maximum atomic E-state index is 12.8. The van der Waals surface area contributed by atoms with Gasteiger partial charge in [-0.15, -0.1) is 0 Å². The van der Waals surface area contributed by atoms with Crippen LogP contribution in [-0.4, -0.2) is 36.5 Å². The summed E-state index contributed by atoms with van der Waals surface area (Å²) in [5, 5.41) is 2.42. The Morgan fingerprint density at radius 3 is 1.94 bits per heavy atom. The zero-order valence-electron chi connectivity index (χ0n) is 22.1. The maximum Gasteiger partial charge on any atom is 0.513 e. The summed E-state index contributed by atoms with van der Waals surface area (Å²) >= 11 is 0. The lowest BCUT2D eigenvalue weighted by Crippen LogP contribution is -2.47. The van der Waals surface area contributed by atoms with Crippen molar-refractivity contribution >= 4 is 18.2 Å². The van der Waals surface area contributed by atoms with E-state index in [0.29, 0.717) is 5.75 Å². The van der Waals surface area contributed by atoms with E-state index in [-0.39, 0.29) is 18.4 Å². The van der Waals surface area contributed by atoms with Crippen LogP contribution < -0.4 is 10.1 Å². The van der Waals surface area contributed by atoms with Gasteiger partial charge in [0.15, 0.2) is 6.04 Å². The van der Waals surface area contributed by atoms with Crippen molar-refractivity contribution in [1.29, 1.82) is 0 Å². The highest BCUT2D eigenvalue weighted by Gasteiger charge is 2.28. The molecule has 2 rings (SSSR count). The highest BCUT2D eigenvalue weighted by atomic mass is 16.7. The summed E-state index contributed by atoms with van der Waals surface area (Å²) in [4.78, 5) is 37.7. The number of esters is 1. The van der Waals surface area contributed by atoms with Gasteiger partial charge in [0, 0.05) is 0 Å². The fourth-order valence-corrected chi connectivity index (χ4v) is 3.31. The Morgan fingerprint density at radius 1 is 0.833 bits per heavy atom. The summed E-state index contributed by atoms with van der Waals surface area (Å²) in [6, 6.07) is 13.5. The van der Waals surface area contributed by atoms with Crippen molar-refractivity contribution < 1.29 is 33.3 Å². The van der Waals surface area contributed by atoms with Gasteiger partial charge in [0.1, 0.15) is 24.6 Å². The second-order valence-corrected chi connectivity index (χ2v) is 10.0. The first-order valence-corrected chi connectivity index (χ1v) is 12.0. The van der Waals surface area contributed by atoms with Crippen molar-refractivity contribution in [2.24, 2.45) is 0 Å². The van der Waals surface area contributed by atoms with Crippen LogP contribution in [0.25, 0.3) is 0 Å². The molecule has 0 heterocycles. The van der Waals surface area contributed by atoms with Crippen LogP contribution in [0.15, 0.2) is 48.5 Å². The van der Waals surface area contributed by atoms with E-state index in [2.05, 4.69) is 5.32 Å². The summed E-state index contributed by atoms with van der Waals surface area (Å²) in [6.45, 7) is 12.6. The number of carbonyl (C=O) groups excluding carboxylic acids is 3. The molecule has 36 heavy (non-hydrogen) atoms. The molecule has 0 aromatic heterocycles. The molecule has 2 aromatic carbocycles. The summed E-state index contributed by atoms with van der Waals surface area (Å²) < 4.78 is 21.4. The van der Waals surface area contributed by atoms with E-state index in [4.69, 9.17) is 18.9 Å². The fourth-order valence-electron chi connectivity index (χ4n) is 3.31. The van der Waals surface area contributed by atoms with Crippen molar-refractivity contribution in [3.05, 3.63) is 65.2 Å². The van der Waals surface area contributed by atoms with Crippen LogP contribution in [0.3, 0.4) is 0 Å². The number of ether oxygens (including phenoxy) is 4. The van der Waals surface area contributed by atoms with Gasteiger partial charge in [0.05, 0.1) is 0 Å². The van der Waals surface area contributed by atoms with Crippen LogP contribution in [0.2, 0.25) is 0 Å². The Balaban J connectivity index is 2.12. The predicted octanol–water partition coefficient (Wildman–Crippen LogP) is 6.09. The van der Waals surface area contributed by atoms with Crippen molar-refractivity contribution in [3.8, 4) is 5.75 Å². The molecule has 0 saturated carbocycles. The molecule has 0 fully saturated rings. The number of hydrogen-bond acceptors (Lipinski definition) is 7. The molecule has 0 aliphatic rings. The van der Waals surface area contributed by atoms with Crippen LogP contribution >= 0.6 is 0 Å². The van der Waals surface area contributed by atoms with Crippen molar-refractivity contribution in [2.45, 2.75) is 78.6 Å². The second-order valence-electron chi connectivity index (χ2n) is 10.0. The second kappa shape index (κ2) is 13.0.